The molecule has 5 atom stereocenters. The lowest BCUT2D eigenvalue weighted by molar-refractivity contribution is -0.135. The van der Waals surface area contributed by atoms with Gasteiger partial charge in [-0.05, 0) is 72.5 Å². The number of allylic oxidation sites excluding steroid dienone is 4. The van der Waals surface area contributed by atoms with Crippen molar-refractivity contribution in [3.8, 4) is 5.75 Å². The molecule has 0 N–H and O–H groups in total. The van der Waals surface area contributed by atoms with E-state index in [-0.39, 0.29) is 16.7 Å². The Kier molecular flexibility index (Phi) is 4.20. The lowest BCUT2D eigenvalue weighted by Gasteiger charge is -2.58. The van der Waals surface area contributed by atoms with Gasteiger partial charge in [-0.25, -0.2) is 0 Å². The van der Waals surface area contributed by atoms with Crippen molar-refractivity contribution in [2.24, 2.45) is 28.6 Å². The maximum atomic E-state index is 12.3. The molecule has 0 radical (unpaired) electrons. The van der Waals surface area contributed by atoms with Gasteiger partial charge in [0, 0.05) is 30.8 Å². The SMILES string of the molecule is COc1cncc(C2=CC[C@H]3[C@@H]4CC=C5N(C)C(=O)CC[C@]5(C)[C@H]4CC[C@]23C)c1. The van der Waals surface area contributed by atoms with Gasteiger partial charge in [-0.1, -0.05) is 26.0 Å². The Hall–Kier alpha value is -2.10. The molecule has 2 heterocycles. The topological polar surface area (TPSA) is 42.4 Å². The number of ether oxygens (including phenoxy) is 1. The highest BCUT2D eigenvalue weighted by Gasteiger charge is 2.57. The summed E-state index contributed by atoms with van der Waals surface area (Å²) < 4.78 is 5.43. The molecule has 1 aromatic rings. The zero-order valence-corrected chi connectivity index (χ0v) is 18.1. The quantitative estimate of drug-likeness (QED) is 0.705. The zero-order valence-electron chi connectivity index (χ0n) is 18.1. The van der Waals surface area contributed by atoms with E-state index in [9.17, 15) is 4.79 Å². The summed E-state index contributed by atoms with van der Waals surface area (Å²) in [6.07, 6.45) is 15.0. The van der Waals surface area contributed by atoms with Crippen LogP contribution in [-0.2, 0) is 4.79 Å². The molecule has 0 bridgehead atoms. The van der Waals surface area contributed by atoms with Crippen molar-refractivity contribution in [3.05, 3.63) is 41.9 Å². The second-order valence-corrected chi connectivity index (χ2v) is 10.00. The number of carbonyl (C=O) groups excluding carboxylic acids is 1. The van der Waals surface area contributed by atoms with Crippen molar-refractivity contribution >= 4 is 11.5 Å². The van der Waals surface area contributed by atoms with Gasteiger partial charge >= 0.3 is 0 Å². The van der Waals surface area contributed by atoms with E-state index in [0.29, 0.717) is 24.2 Å². The Morgan fingerprint density at radius 2 is 1.93 bits per heavy atom. The molecule has 1 aromatic heterocycles. The molecule has 0 unspecified atom stereocenters. The van der Waals surface area contributed by atoms with Gasteiger partial charge in [0.1, 0.15) is 5.75 Å². The fourth-order valence-corrected chi connectivity index (χ4v) is 7.27. The maximum absolute atomic E-state index is 12.3. The van der Waals surface area contributed by atoms with Crippen LogP contribution in [0.5, 0.6) is 5.75 Å². The molecule has 1 saturated heterocycles. The Morgan fingerprint density at radius 1 is 1.10 bits per heavy atom. The van der Waals surface area contributed by atoms with Crippen molar-refractivity contribution in [2.75, 3.05) is 14.2 Å². The minimum Gasteiger partial charge on any atom is -0.495 e. The van der Waals surface area contributed by atoms with E-state index < -0.39 is 0 Å². The first-order valence-corrected chi connectivity index (χ1v) is 11.1. The average molecular weight is 393 g/mol. The lowest BCUT2D eigenvalue weighted by atomic mass is 9.49. The van der Waals surface area contributed by atoms with E-state index >= 15 is 0 Å². The van der Waals surface area contributed by atoms with E-state index in [0.717, 1.165) is 25.0 Å². The predicted octanol–water partition coefficient (Wildman–Crippen LogP) is 5.07. The summed E-state index contributed by atoms with van der Waals surface area (Å²) >= 11 is 0. The predicted molar refractivity (Wildman–Crippen MR) is 114 cm³/mol. The standard InChI is InChI=1S/C25H32N2O2/c1-24-11-9-21-18(5-8-22-25(21,2)12-10-23(28)27(22)3)20(24)7-6-19(24)16-13-17(29-4)15-26-14-16/h6,8,13-15,18,20-21H,5,7,9-12H2,1-4H3/t18-,20-,21-,24+,25+/m0/s1. The van der Waals surface area contributed by atoms with Gasteiger partial charge in [0.25, 0.3) is 0 Å². The van der Waals surface area contributed by atoms with Gasteiger partial charge < -0.3 is 9.64 Å². The molecule has 0 spiro atoms. The smallest absolute Gasteiger partial charge is 0.226 e. The molecule has 1 saturated carbocycles. The number of pyridine rings is 1. The number of aromatic nitrogens is 1. The Labute approximate surface area is 174 Å². The van der Waals surface area contributed by atoms with E-state index in [1.54, 1.807) is 13.3 Å². The number of carbonyl (C=O) groups is 1. The molecule has 3 aliphatic carbocycles. The number of hydrogen-bond acceptors (Lipinski definition) is 3. The van der Waals surface area contributed by atoms with E-state index in [1.807, 2.05) is 18.1 Å². The third-order valence-electron chi connectivity index (χ3n) is 8.86. The van der Waals surface area contributed by atoms with Crippen LogP contribution >= 0.6 is 0 Å². The molecule has 2 fully saturated rings. The van der Waals surface area contributed by atoms with Crippen LogP contribution in [0.4, 0.5) is 0 Å². The molecular weight excluding hydrogens is 360 g/mol. The Balaban J connectivity index is 1.48. The number of rotatable bonds is 2. The number of fused-ring (bicyclic) bond motifs is 5. The monoisotopic (exact) mass is 392 g/mol. The highest BCUT2D eigenvalue weighted by atomic mass is 16.5. The van der Waals surface area contributed by atoms with Gasteiger partial charge in [-0.15, -0.1) is 0 Å². The molecule has 4 heteroatoms. The molecule has 1 amide bonds. The Bertz CT molecular complexity index is 919. The molecular formula is C25H32N2O2. The van der Waals surface area contributed by atoms with Crippen LogP contribution in [0.15, 0.2) is 36.3 Å². The average Bonchev–Trinajstić information content (AvgIpc) is 3.08. The number of methoxy groups -OCH3 is 1. The molecule has 29 heavy (non-hydrogen) atoms. The van der Waals surface area contributed by atoms with Crippen LogP contribution < -0.4 is 4.74 Å². The summed E-state index contributed by atoms with van der Waals surface area (Å²) in [7, 11) is 3.68. The maximum Gasteiger partial charge on any atom is 0.226 e. The zero-order chi connectivity index (χ0) is 20.4. The van der Waals surface area contributed by atoms with Crippen LogP contribution in [0.3, 0.4) is 0 Å². The summed E-state index contributed by atoms with van der Waals surface area (Å²) in [5.41, 5.74) is 4.32. The minimum atomic E-state index is 0.146. The summed E-state index contributed by atoms with van der Waals surface area (Å²) in [4.78, 5) is 18.7. The van der Waals surface area contributed by atoms with Crippen molar-refractivity contribution < 1.29 is 9.53 Å². The highest BCUT2D eigenvalue weighted by molar-refractivity contribution is 5.79. The Morgan fingerprint density at radius 3 is 2.72 bits per heavy atom. The van der Waals surface area contributed by atoms with E-state index in [2.05, 4.69) is 37.0 Å². The van der Waals surface area contributed by atoms with E-state index in [4.69, 9.17) is 4.74 Å². The van der Waals surface area contributed by atoms with E-state index in [1.165, 1.54) is 29.7 Å². The fraction of sp³-hybridized carbons (Fsp3) is 0.600. The second-order valence-electron chi connectivity index (χ2n) is 10.00. The normalized spacial score (nSPS) is 38.6. The van der Waals surface area contributed by atoms with Crippen LogP contribution in [0.25, 0.3) is 5.57 Å². The van der Waals surface area contributed by atoms with Gasteiger partial charge in [0.15, 0.2) is 0 Å². The number of amides is 1. The van der Waals surface area contributed by atoms with Crippen LogP contribution in [0, 0.1) is 28.6 Å². The fourth-order valence-electron chi connectivity index (χ4n) is 7.27. The first-order chi connectivity index (χ1) is 13.9. The second kappa shape index (κ2) is 6.45. The first-order valence-electron chi connectivity index (χ1n) is 11.1. The molecule has 5 rings (SSSR count). The summed E-state index contributed by atoms with van der Waals surface area (Å²) in [5.74, 6) is 3.14. The van der Waals surface area contributed by atoms with Gasteiger partial charge in [0.2, 0.25) is 5.91 Å². The molecule has 4 nitrogen and oxygen atoms in total. The van der Waals surface area contributed by atoms with Crippen LogP contribution in [0.1, 0.15) is 57.9 Å². The molecule has 4 aliphatic rings. The van der Waals surface area contributed by atoms with Crippen molar-refractivity contribution in [3.63, 3.8) is 0 Å². The number of nitrogens with zero attached hydrogens (tertiary/aromatic N) is 2. The van der Waals surface area contributed by atoms with Gasteiger partial charge in [0.05, 0.1) is 13.3 Å². The third-order valence-corrected chi connectivity index (χ3v) is 8.86. The van der Waals surface area contributed by atoms with Crippen molar-refractivity contribution in [1.29, 1.82) is 0 Å². The number of likely N-dealkylation sites (tertiary alicyclic amines) is 1. The van der Waals surface area contributed by atoms with Crippen LogP contribution in [-0.4, -0.2) is 29.9 Å². The third kappa shape index (κ3) is 2.57. The first kappa shape index (κ1) is 18.9. The minimum absolute atomic E-state index is 0.146. The number of hydrogen-bond donors (Lipinski definition) is 0. The van der Waals surface area contributed by atoms with Gasteiger partial charge in [-0.2, -0.15) is 0 Å². The van der Waals surface area contributed by atoms with Crippen molar-refractivity contribution in [2.45, 2.75) is 52.4 Å². The summed E-state index contributed by atoms with van der Waals surface area (Å²) in [6.45, 7) is 4.90. The largest absolute Gasteiger partial charge is 0.495 e. The molecule has 154 valence electrons. The highest BCUT2D eigenvalue weighted by Crippen LogP contribution is 2.66. The summed E-state index contributed by atoms with van der Waals surface area (Å²) in [5, 5.41) is 0. The summed E-state index contributed by atoms with van der Waals surface area (Å²) in [6, 6.07) is 2.14. The number of piperidine rings is 1. The van der Waals surface area contributed by atoms with Gasteiger partial charge in [-0.3, -0.25) is 9.78 Å². The van der Waals surface area contributed by atoms with Crippen LogP contribution in [0.2, 0.25) is 0 Å². The molecule has 1 aliphatic heterocycles. The molecule has 0 aromatic carbocycles. The van der Waals surface area contributed by atoms with Crippen molar-refractivity contribution in [1.82, 2.24) is 9.88 Å². The lowest BCUT2D eigenvalue weighted by Crippen LogP contribution is -2.53.